The summed E-state index contributed by atoms with van der Waals surface area (Å²) in [4.78, 5) is 24.9. The first-order valence-corrected chi connectivity index (χ1v) is 10.3. The molecule has 0 saturated carbocycles. The predicted octanol–water partition coefficient (Wildman–Crippen LogP) is 3.60. The molecular weight excluding hydrogens is 374 g/mol. The molecule has 1 fully saturated rings. The van der Waals surface area contributed by atoms with E-state index in [-0.39, 0.29) is 17.9 Å². The molecule has 0 unspecified atom stereocenters. The topological polar surface area (TPSA) is 84.2 Å². The summed E-state index contributed by atoms with van der Waals surface area (Å²) in [6, 6.07) is 7.98. The Kier molecular flexibility index (Phi) is 5.38. The van der Waals surface area contributed by atoms with Crippen molar-refractivity contribution in [1.82, 2.24) is 20.4 Å². The fraction of sp³-hybridized carbons (Fsp3) is 0.400. The van der Waals surface area contributed by atoms with Crippen LogP contribution >= 0.6 is 11.3 Å². The number of nitrogens with one attached hydrogen (secondary N) is 1. The first-order chi connectivity index (χ1) is 13.6. The Morgan fingerprint density at radius 2 is 2.29 bits per heavy atom. The van der Waals surface area contributed by atoms with Gasteiger partial charge in [0, 0.05) is 24.2 Å². The molecule has 1 amide bonds. The maximum atomic E-state index is 12.7. The van der Waals surface area contributed by atoms with Crippen LogP contribution in [0.25, 0.3) is 11.5 Å². The van der Waals surface area contributed by atoms with Gasteiger partial charge in [-0.1, -0.05) is 11.2 Å². The average Bonchev–Trinajstić information content (AvgIpc) is 3.40. The number of aromatic nitrogens is 3. The van der Waals surface area contributed by atoms with Gasteiger partial charge in [-0.05, 0) is 50.3 Å². The van der Waals surface area contributed by atoms with Gasteiger partial charge in [0.2, 0.25) is 5.91 Å². The monoisotopic (exact) mass is 397 g/mol. The van der Waals surface area contributed by atoms with Crippen LogP contribution in [0.4, 0.5) is 5.82 Å². The highest BCUT2D eigenvalue weighted by atomic mass is 32.1. The number of carbonyl (C=O) groups excluding carboxylic acids is 1. The minimum atomic E-state index is -0.0313. The largest absolute Gasteiger partial charge is 0.356 e. The molecule has 2 atom stereocenters. The number of hydrogen-bond donors (Lipinski definition) is 1. The zero-order valence-electron chi connectivity index (χ0n) is 16.0. The van der Waals surface area contributed by atoms with E-state index >= 15 is 0 Å². The minimum absolute atomic E-state index is 0.0313. The second kappa shape index (κ2) is 8.10. The van der Waals surface area contributed by atoms with E-state index in [9.17, 15) is 4.79 Å². The molecule has 28 heavy (non-hydrogen) atoms. The summed E-state index contributed by atoms with van der Waals surface area (Å²) < 4.78 is 5.18. The van der Waals surface area contributed by atoms with Crippen molar-refractivity contribution in [3.8, 4) is 11.5 Å². The van der Waals surface area contributed by atoms with Crippen molar-refractivity contribution in [2.45, 2.75) is 32.7 Å². The lowest BCUT2D eigenvalue weighted by atomic mass is 9.96. The van der Waals surface area contributed by atoms with Crippen LogP contribution in [-0.4, -0.2) is 34.1 Å². The second-order valence-corrected chi connectivity index (χ2v) is 8.06. The molecule has 1 aliphatic rings. The molecule has 0 aliphatic carbocycles. The molecule has 0 spiro atoms. The first kappa shape index (κ1) is 18.6. The van der Waals surface area contributed by atoms with E-state index in [1.54, 1.807) is 24.5 Å². The van der Waals surface area contributed by atoms with Crippen molar-refractivity contribution >= 4 is 23.1 Å². The third-order valence-electron chi connectivity index (χ3n) is 4.97. The molecule has 0 bridgehead atoms. The summed E-state index contributed by atoms with van der Waals surface area (Å²) in [6.07, 6.45) is 3.61. The first-order valence-electron chi connectivity index (χ1n) is 9.45. The molecule has 3 aromatic heterocycles. The predicted molar refractivity (Wildman–Crippen MR) is 108 cm³/mol. The van der Waals surface area contributed by atoms with Gasteiger partial charge in [0.25, 0.3) is 5.89 Å². The molecule has 4 rings (SSSR count). The Hall–Kier alpha value is -2.74. The number of amides is 1. The van der Waals surface area contributed by atoms with E-state index < -0.39 is 0 Å². The summed E-state index contributed by atoms with van der Waals surface area (Å²) in [6.45, 7) is 5.39. The Morgan fingerprint density at radius 3 is 2.96 bits per heavy atom. The van der Waals surface area contributed by atoms with Crippen LogP contribution in [0.15, 0.2) is 40.4 Å². The number of nitrogens with zero attached hydrogens (tertiary/aromatic N) is 4. The van der Waals surface area contributed by atoms with E-state index in [2.05, 4.69) is 31.4 Å². The fourth-order valence-corrected chi connectivity index (χ4v) is 4.19. The molecular formula is C20H23N5O2S. The fourth-order valence-electron chi connectivity index (χ4n) is 3.45. The van der Waals surface area contributed by atoms with Crippen LogP contribution < -0.4 is 10.2 Å². The van der Waals surface area contributed by atoms with Gasteiger partial charge in [0.15, 0.2) is 5.82 Å². The van der Waals surface area contributed by atoms with E-state index in [0.717, 1.165) is 30.8 Å². The molecule has 7 nitrogen and oxygen atoms in total. The van der Waals surface area contributed by atoms with E-state index in [0.29, 0.717) is 18.3 Å². The van der Waals surface area contributed by atoms with Crippen LogP contribution in [-0.2, 0) is 4.79 Å². The zero-order valence-corrected chi connectivity index (χ0v) is 16.8. The van der Waals surface area contributed by atoms with Crippen LogP contribution in [0.2, 0.25) is 0 Å². The smallest absolute Gasteiger partial charge is 0.259 e. The Morgan fingerprint density at radius 1 is 1.39 bits per heavy atom. The number of pyridine rings is 1. The normalized spacial score (nSPS) is 18.1. The third kappa shape index (κ3) is 4.06. The SMILES string of the molecule is Cc1noc(-c2ccc(N3CCC[C@H](C(=O)N[C@H](C)c4cccs4)C3)nc2)n1. The van der Waals surface area contributed by atoms with Crippen molar-refractivity contribution < 1.29 is 9.32 Å². The van der Waals surface area contributed by atoms with Crippen LogP contribution in [0, 0.1) is 12.8 Å². The average molecular weight is 398 g/mol. The molecule has 146 valence electrons. The molecule has 4 heterocycles. The maximum Gasteiger partial charge on any atom is 0.259 e. The van der Waals surface area contributed by atoms with Gasteiger partial charge in [-0.25, -0.2) is 4.98 Å². The van der Waals surface area contributed by atoms with E-state index in [4.69, 9.17) is 4.52 Å². The molecule has 0 radical (unpaired) electrons. The molecule has 1 aliphatic heterocycles. The van der Waals surface area contributed by atoms with Crippen molar-refractivity contribution in [3.05, 3.63) is 46.5 Å². The standard InChI is InChI=1S/C20H23N5O2S/c1-13(17-6-4-10-28-17)22-19(26)16-5-3-9-25(12-16)18-8-7-15(11-21-18)20-23-14(2)24-27-20/h4,6-8,10-11,13,16H,3,5,9,12H2,1-2H3,(H,22,26)/t13-,16+/m1/s1. The molecule has 0 aromatic carbocycles. The summed E-state index contributed by atoms with van der Waals surface area (Å²) >= 11 is 1.67. The van der Waals surface area contributed by atoms with E-state index in [1.807, 2.05) is 30.5 Å². The van der Waals surface area contributed by atoms with Gasteiger partial charge >= 0.3 is 0 Å². The Balaban J connectivity index is 1.40. The van der Waals surface area contributed by atoms with Gasteiger partial charge in [0.05, 0.1) is 17.5 Å². The maximum absolute atomic E-state index is 12.7. The quantitative estimate of drug-likeness (QED) is 0.708. The van der Waals surface area contributed by atoms with Gasteiger partial charge in [-0.15, -0.1) is 11.3 Å². The van der Waals surface area contributed by atoms with Gasteiger partial charge in [-0.3, -0.25) is 4.79 Å². The third-order valence-corrected chi connectivity index (χ3v) is 6.02. The number of piperidine rings is 1. The summed E-state index contributed by atoms with van der Waals surface area (Å²) in [7, 11) is 0. The van der Waals surface area contributed by atoms with Gasteiger partial charge < -0.3 is 14.7 Å². The van der Waals surface area contributed by atoms with Gasteiger partial charge in [-0.2, -0.15) is 4.98 Å². The highest BCUT2D eigenvalue weighted by molar-refractivity contribution is 7.10. The number of thiophene rings is 1. The summed E-state index contributed by atoms with van der Waals surface area (Å²) in [5.74, 6) is 2.01. The van der Waals surface area contributed by atoms with Gasteiger partial charge in [0.1, 0.15) is 5.82 Å². The lowest BCUT2D eigenvalue weighted by molar-refractivity contribution is -0.125. The van der Waals surface area contributed by atoms with Crippen LogP contribution in [0.3, 0.4) is 0 Å². The number of hydrogen-bond acceptors (Lipinski definition) is 7. The van der Waals surface area contributed by atoms with Crippen LogP contribution in [0.1, 0.15) is 36.5 Å². The molecule has 8 heteroatoms. The minimum Gasteiger partial charge on any atom is -0.356 e. The molecule has 1 N–H and O–H groups in total. The van der Waals surface area contributed by atoms with Crippen molar-refractivity contribution in [2.75, 3.05) is 18.0 Å². The Labute approximate surface area is 167 Å². The number of aryl methyl sites for hydroxylation is 1. The summed E-state index contributed by atoms with van der Waals surface area (Å²) in [5, 5.41) is 9.00. The lowest BCUT2D eigenvalue weighted by Crippen LogP contribution is -2.43. The molecule has 3 aromatic rings. The zero-order chi connectivity index (χ0) is 19.5. The second-order valence-electron chi connectivity index (χ2n) is 7.08. The number of carbonyl (C=O) groups is 1. The molecule has 1 saturated heterocycles. The highest BCUT2D eigenvalue weighted by Gasteiger charge is 2.27. The van der Waals surface area contributed by atoms with E-state index in [1.165, 1.54) is 4.88 Å². The number of anilines is 1. The number of rotatable bonds is 5. The van der Waals surface area contributed by atoms with Crippen molar-refractivity contribution in [1.29, 1.82) is 0 Å². The van der Waals surface area contributed by atoms with Crippen LogP contribution in [0.5, 0.6) is 0 Å². The van der Waals surface area contributed by atoms with Crippen molar-refractivity contribution in [3.63, 3.8) is 0 Å². The lowest BCUT2D eigenvalue weighted by Gasteiger charge is -2.33. The Bertz CT molecular complexity index is 922. The highest BCUT2D eigenvalue weighted by Crippen LogP contribution is 2.25. The summed E-state index contributed by atoms with van der Waals surface area (Å²) in [5.41, 5.74) is 0.792. The van der Waals surface area contributed by atoms with Crippen molar-refractivity contribution in [2.24, 2.45) is 5.92 Å².